The van der Waals surface area contributed by atoms with Crippen LogP contribution in [0.5, 0.6) is 0 Å². The molecule has 6 nitrogen and oxygen atoms in total. The number of carbonyl (C=O) groups is 1. The molecule has 3 heterocycles. The lowest BCUT2D eigenvalue weighted by Gasteiger charge is -2.12. The fourth-order valence-corrected chi connectivity index (χ4v) is 2.07. The number of aryl methyl sites for hydroxylation is 1. The minimum Gasteiger partial charge on any atom is -0.344 e. The highest BCUT2D eigenvalue weighted by Gasteiger charge is 2.15. The first kappa shape index (κ1) is 13.2. The van der Waals surface area contributed by atoms with Crippen LogP contribution < -0.4 is 5.32 Å². The minimum absolute atomic E-state index is 0.134. The summed E-state index contributed by atoms with van der Waals surface area (Å²) in [4.78, 5) is 20.5. The number of aromatic nitrogens is 4. The standard InChI is InChI=1S/C15H15N5O/c1-10-7-17-14-6-13(19-20(14)9-10)15(21)18-11(2)12-4-3-5-16-8-12/h3-9,11H,1-2H3,(H,18,21). The number of carbonyl (C=O) groups excluding carboxylic acids is 1. The summed E-state index contributed by atoms with van der Waals surface area (Å²) in [7, 11) is 0. The lowest BCUT2D eigenvalue weighted by Crippen LogP contribution is -2.27. The lowest BCUT2D eigenvalue weighted by atomic mass is 10.1. The Balaban J connectivity index is 1.80. The molecule has 21 heavy (non-hydrogen) atoms. The average Bonchev–Trinajstić information content (AvgIpc) is 2.91. The van der Waals surface area contributed by atoms with Crippen LogP contribution in [-0.2, 0) is 0 Å². The Hall–Kier alpha value is -2.76. The van der Waals surface area contributed by atoms with E-state index in [9.17, 15) is 4.79 Å². The van der Waals surface area contributed by atoms with Crippen molar-refractivity contribution >= 4 is 11.6 Å². The molecule has 0 aliphatic carbocycles. The molecule has 0 radical (unpaired) electrons. The van der Waals surface area contributed by atoms with Crippen LogP contribution in [0, 0.1) is 6.92 Å². The van der Waals surface area contributed by atoms with Crippen LogP contribution in [-0.4, -0.2) is 25.5 Å². The summed E-state index contributed by atoms with van der Waals surface area (Å²) in [6.07, 6.45) is 7.02. The Morgan fingerprint density at radius 1 is 1.38 bits per heavy atom. The van der Waals surface area contributed by atoms with Crippen molar-refractivity contribution in [3.8, 4) is 0 Å². The summed E-state index contributed by atoms with van der Waals surface area (Å²) in [6, 6.07) is 5.30. The maximum Gasteiger partial charge on any atom is 0.272 e. The third kappa shape index (κ3) is 2.74. The number of pyridine rings is 1. The van der Waals surface area contributed by atoms with Crippen molar-refractivity contribution in [3.05, 3.63) is 59.8 Å². The van der Waals surface area contributed by atoms with Gasteiger partial charge < -0.3 is 5.32 Å². The molecule has 1 unspecified atom stereocenters. The average molecular weight is 281 g/mol. The molecule has 1 N–H and O–H groups in total. The Kier molecular flexibility index (Phi) is 3.35. The van der Waals surface area contributed by atoms with Crippen molar-refractivity contribution in [2.75, 3.05) is 0 Å². The second-order valence-electron chi connectivity index (χ2n) is 4.95. The van der Waals surface area contributed by atoms with Gasteiger partial charge in [0.15, 0.2) is 11.3 Å². The molecule has 0 saturated heterocycles. The number of rotatable bonds is 3. The molecule has 3 rings (SSSR count). The van der Waals surface area contributed by atoms with Crippen LogP contribution in [0.3, 0.4) is 0 Å². The van der Waals surface area contributed by atoms with E-state index < -0.39 is 0 Å². The van der Waals surface area contributed by atoms with Crippen molar-refractivity contribution in [3.63, 3.8) is 0 Å². The van der Waals surface area contributed by atoms with E-state index >= 15 is 0 Å². The monoisotopic (exact) mass is 281 g/mol. The highest BCUT2D eigenvalue weighted by Crippen LogP contribution is 2.11. The molecule has 0 spiro atoms. The number of hydrogen-bond donors (Lipinski definition) is 1. The first-order valence-electron chi connectivity index (χ1n) is 6.66. The van der Waals surface area contributed by atoms with Crippen molar-refractivity contribution in [2.45, 2.75) is 19.9 Å². The van der Waals surface area contributed by atoms with Gasteiger partial charge in [-0.05, 0) is 31.0 Å². The Labute approximate surface area is 121 Å². The first-order chi connectivity index (χ1) is 10.1. The van der Waals surface area contributed by atoms with Gasteiger partial charge in [0.25, 0.3) is 5.91 Å². The summed E-state index contributed by atoms with van der Waals surface area (Å²) in [5.41, 5.74) is 2.94. The number of amides is 1. The van der Waals surface area contributed by atoms with Crippen LogP contribution in [0.1, 0.15) is 34.6 Å². The van der Waals surface area contributed by atoms with E-state index in [1.165, 1.54) is 0 Å². The normalized spacial score (nSPS) is 12.3. The molecule has 3 aromatic heterocycles. The van der Waals surface area contributed by atoms with Gasteiger partial charge in [0.2, 0.25) is 0 Å². The largest absolute Gasteiger partial charge is 0.344 e. The van der Waals surface area contributed by atoms with Gasteiger partial charge >= 0.3 is 0 Å². The second-order valence-corrected chi connectivity index (χ2v) is 4.95. The van der Waals surface area contributed by atoms with Gasteiger partial charge in [-0.2, -0.15) is 5.10 Å². The molecule has 1 amide bonds. The quantitative estimate of drug-likeness (QED) is 0.796. The molecule has 0 aromatic carbocycles. The summed E-state index contributed by atoms with van der Waals surface area (Å²) < 4.78 is 1.61. The summed E-state index contributed by atoms with van der Waals surface area (Å²) in [5, 5.41) is 7.15. The van der Waals surface area contributed by atoms with Gasteiger partial charge in [-0.3, -0.25) is 9.78 Å². The van der Waals surface area contributed by atoms with Crippen molar-refractivity contribution in [2.24, 2.45) is 0 Å². The van der Waals surface area contributed by atoms with E-state index in [0.717, 1.165) is 11.1 Å². The van der Waals surface area contributed by atoms with E-state index in [0.29, 0.717) is 11.3 Å². The molecule has 0 bridgehead atoms. The third-order valence-electron chi connectivity index (χ3n) is 3.21. The highest BCUT2D eigenvalue weighted by atomic mass is 16.2. The van der Waals surface area contributed by atoms with E-state index in [4.69, 9.17) is 0 Å². The van der Waals surface area contributed by atoms with Gasteiger partial charge in [-0.15, -0.1) is 0 Å². The Morgan fingerprint density at radius 3 is 3.00 bits per heavy atom. The molecule has 0 saturated carbocycles. The van der Waals surface area contributed by atoms with Crippen LogP contribution >= 0.6 is 0 Å². The molecular weight excluding hydrogens is 266 g/mol. The van der Waals surface area contributed by atoms with Crippen LogP contribution in [0.15, 0.2) is 43.0 Å². The van der Waals surface area contributed by atoms with Crippen molar-refractivity contribution in [1.82, 2.24) is 24.9 Å². The van der Waals surface area contributed by atoms with E-state index in [1.807, 2.05) is 32.2 Å². The molecule has 6 heteroatoms. The number of fused-ring (bicyclic) bond motifs is 1. The van der Waals surface area contributed by atoms with Gasteiger partial charge in [-0.25, -0.2) is 9.50 Å². The van der Waals surface area contributed by atoms with Gasteiger partial charge in [0.1, 0.15) is 0 Å². The van der Waals surface area contributed by atoms with Gasteiger partial charge in [0.05, 0.1) is 6.04 Å². The molecule has 0 aliphatic heterocycles. The molecule has 3 aromatic rings. The van der Waals surface area contributed by atoms with Crippen LogP contribution in [0.2, 0.25) is 0 Å². The number of nitrogens with one attached hydrogen (secondary N) is 1. The number of hydrogen-bond acceptors (Lipinski definition) is 4. The van der Waals surface area contributed by atoms with E-state index in [-0.39, 0.29) is 11.9 Å². The van der Waals surface area contributed by atoms with Crippen molar-refractivity contribution in [1.29, 1.82) is 0 Å². The first-order valence-corrected chi connectivity index (χ1v) is 6.66. The molecule has 0 fully saturated rings. The number of nitrogens with zero attached hydrogens (tertiary/aromatic N) is 4. The predicted octanol–water partition coefficient (Wildman–Crippen LogP) is 1.92. The fraction of sp³-hybridized carbons (Fsp3) is 0.200. The zero-order valence-corrected chi connectivity index (χ0v) is 11.8. The Bertz CT molecular complexity index is 781. The SMILES string of the molecule is Cc1cnc2cc(C(=O)NC(C)c3cccnc3)nn2c1. The minimum atomic E-state index is -0.227. The lowest BCUT2D eigenvalue weighted by molar-refractivity contribution is 0.0934. The summed E-state index contributed by atoms with van der Waals surface area (Å²) in [5.74, 6) is -0.227. The van der Waals surface area contributed by atoms with Gasteiger partial charge in [-0.1, -0.05) is 6.07 Å². The topological polar surface area (TPSA) is 72.2 Å². The molecule has 0 aliphatic rings. The zero-order valence-electron chi connectivity index (χ0n) is 11.8. The third-order valence-corrected chi connectivity index (χ3v) is 3.21. The molecule has 1 atom stereocenters. The van der Waals surface area contributed by atoms with Crippen molar-refractivity contribution < 1.29 is 4.79 Å². The molecular formula is C15H15N5O. The second kappa shape index (κ2) is 5.32. The smallest absolute Gasteiger partial charge is 0.272 e. The predicted molar refractivity (Wildman–Crippen MR) is 77.8 cm³/mol. The summed E-state index contributed by atoms with van der Waals surface area (Å²) in [6.45, 7) is 3.84. The summed E-state index contributed by atoms with van der Waals surface area (Å²) >= 11 is 0. The Morgan fingerprint density at radius 2 is 2.24 bits per heavy atom. The fourth-order valence-electron chi connectivity index (χ4n) is 2.07. The van der Waals surface area contributed by atoms with Crippen LogP contribution in [0.25, 0.3) is 5.65 Å². The van der Waals surface area contributed by atoms with E-state index in [2.05, 4.69) is 20.4 Å². The highest BCUT2D eigenvalue weighted by molar-refractivity contribution is 5.93. The maximum atomic E-state index is 12.2. The van der Waals surface area contributed by atoms with Gasteiger partial charge in [0, 0.05) is 30.9 Å². The van der Waals surface area contributed by atoms with E-state index in [1.54, 1.807) is 29.2 Å². The molecule has 106 valence electrons. The zero-order chi connectivity index (χ0) is 14.8. The maximum absolute atomic E-state index is 12.2. The van der Waals surface area contributed by atoms with Crippen LogP contribution in [0.4, 0.5) is 0 Å².